The van der Waals surface area contributed by atoms with E-state index in [4.69, 9.17) is 4.42 Å². The van der Waals surface area contributed by atoms with Crippen molar-refractivity contribution >= 4 is 15.9 Å². The molecule has 0 bridgehead atoms. The van der Waals surface area contributed by atoms with Crippen molar-refractivity contribution in [3.8, 4) is 22.8 Å². The van der Waals surface area contributed by atoms with Crippen molar-refractivity contribution in [1.29, 1.82) is 0 Å². The number of rotatable bonds is 2. The van der Waals surface area contributed by atoms with Gasteiger partial charge >= 0.3 is 0 Å². The van der Waals surface area contributed by atoms with Crippen LogP contribution in [0.25, 0.3) is 22.8 Å². The standard InChI is InChI=1S/C14H9BrN2O2/c15-10-6-7-19-13(10)14-16-11(8-12(18)17-14)9-4-2-1-3-5-9/h1-8H,(H,16,17,18). The summed E-state index contributed by atoms with van der Waals surface area (Å²) in [5.41, 5.74) is 1.28. The highest BCUT2D eigenvalue weighted by Gasteiger charge is 2.11. The summed E-state index contributed by atoms with van der Waals surface area (Å²) in [6, 6.07) is 12.8. The van der Waals surface area contributed by atoms with E-state index in [-0.39, 0.29) is 5.56 Å². The van der Waals surface area contributed by atoms with E-state index in [1.807, 2.05) is 30.3 Å². The summed E-state index contributed by atoms with van der Waals surface area (Å²) in [7, 11) is 0. The van der Waals surface area contributed by atoms with E-state index in [1.54, 1.807) is 6.07 Å². The second-order valence-electron chi connectivity index (χ2n) is 3.94. The zero-order chi connectivity index (χ0) is 13.2. The van der Waals surface area contributed by atoms with Gasteiger partial charge in [-0.05, 0) is 22.0 Å². The van der Waals surface area contributed by atoms with Crippen molar-refractivity contribution in [2.75, 3.05) is 0 Å². The van der Waals surface area contributed by atoms with E-state index in [9.17, 15) is 4.79 Å². The molecule has 0 radical (unpaired) electrons. The van der Waals surface area contributed by atoms with E-state index in [1.165, 1.54) is 12.3 Å². The number of nitrogens with one attached hydrogen (secondary N) is 1. The highest BCUT2D eigenvalue weighted by Crippen LogP contribution is 2.27. The van der Waals surface area contributed by atoms with Crippen molar-refractivity contribution in [3.63, 3.8) is 0 Å². The molecule has 0 saturated heterocycles. The molecule has 94 valence electrons. The Morgan fingerprint density at radius 2 is 1.95 bits per heavy atom. The zero-order valence-electron chi connectivity index (χ0n) is 9.76. The van der Waals surface area contributed by atoms with E-state index in [2.05, 4.69) is 25.9 Å². The maximum Gasteiger partial charge on any atom is 0.251 e. The first-order chi connectivity index (χ1) is 9.24. The lowest BCUT2D eigenvalue weighted by molar-refractivity contribution is 0.576. The lowest BCUT2D eigenvalue weighted by Gasteiger charge is -2.03. The molecule has 3 rings (SSSR count). The predicted molar refractivity (Wildman–Crippen MR) is 75.7 cm³/mol. The highest BCUT2D eigenvalue weighted by molar-refractivity contribution is 9.10. The molecular weight excluding hydrogens is 308 g/mol. The molecule has 2 aromatic heterocycles. The van der Waals surface area contributed by atoms with Crippen LogP contribution in [0.5, 0.6) is 0 Å². The first kappa shape index (κ1) is 11.9. The van der Waals surface area contributed by atoms with Gasteiger partial charge in [-0.15, -0.1) is 0 Å². The molecule has 0 atom stereocenters. The Kier molecular flexibility index (Phi) is 3.05. The first-order valence-electron chi connectivity index (χ1n) is 5.64. The predicted octanol–water partition coefficient (Wildman–Crippen LogP) is 3.46. The Morgan fingerprint density at radius 1 is 1.16 bits per heavy atom. The zero-order valence-corrected chi connectivity index (χ0v) is 11.3. The molecule has 19 heavy (non-hydrogen) atoms. The van der Waals surface area contributed by atoms with E-state index in [0.717, 1.165) is 10.0 Å². The van der Waals surface area contributed by atoms with Gasteiger partial charge in [0.1, 0.15) is 0 Å². The summed E-state index contributed by atoms with van der Waals surface area (Å²) in [5.74, 6) is 0.915. The largest absolute Gasteiger partial charge is 0.460 e. The molecule has 4 nitrogen and oxygen atoms in total. The van der Waals surface area contributed by atoms with Gasteiger partial charge in [-0.25, -0.2) is 4.98 Å². The summed E-state index contributed by atoms with van der Waals surface area (Å²) in [6.07, 6.45) is 1.54. The fourth-order valence-corrected chi connectivity index (χ4v) is 2.17. The molecule has 1 aromatic carbocycles. The smallest absolute Gasteiger partial charge is 0.251 e. The Labute approximate surface area is 117 Å². The minimum absolute atomic E-state index is 0.216. The van der Waals surface area contributed by atoms with Crippen LogP contribution in [0.4, 0.5) is 0 Å². The van der Waals surface area contributed by atoms with E-state index >= 15 is 0 Å². The third kappa shape index (κ3) is 2.37. The van der Waals surface area contributed by atoms with Gasteiger partial charge in [0.05, 0.1) is 16.4 Å². The lowest BCUT2D eigenvalue weighted by atomic mass is 10.1. The van der Waals surface area contributed by atoms with Gasteiger partial charge in [0, 0.05) is 11.6 Å². The number of furan rings is 1. The fourth-order valence-electron chi connectivity index (χ4n) is 1.78. The Bertz CT molecular complexity index is 762. The van der Waals surface area contributed by atoms with Crippen molar-refractivity contribution in [2.24, 2.45) is 0 Å². The van der Waals surface area contributed by atoms with Gasteiger partial charge in [-0.1, -0.05) is 30.3 Å². The monoisotopic (exact) mass is 316 g/mol. The van der Waals surface area contributed by atoms with Crippen LogP contribution in [-0.2, 0) is 0 Å². The third-order valence-corrected chi connectivity index (χ3v) is 3.27. The maximum absolute atomic E-state index is 11.7. The summed E-state index contributed by atoms with van der Waals surface area (Å²) >= 11 is 3.35. The Hall–Kier alpha value is -2.14. The number of aromatic nitrogens is 2. The normalized spacial score (nSPS) is 10.6. The quantitative estimate of drug-likeness (QED) is 0.787. The molecule has 0 saturated carbocycles. The van der Waals surface area contributed by atoms with Crippen molar-refractivity contribution in [3.05, 3.63) is 63.6 Å². The van der Waals surface area contributed by atoms with Crippen molar-refractivity contribution < 1.29 is 4.42 Å². The van der Waals surface area contributed by atoms with Crippen molar-refractivity contribution in [1.82, 2.24) is 9.97 Å². The lowest BCUT2D eigenvalue weighted by Crippen LogP contribution is -2.08. The minimum atomic E-state index is -0.216. The number of benzene rings is 1. The molecular formula is C14H9BrN2O2. The molecule has 0 aliphatic carbocycles. The second-order valence-corrected chi connectivity index (χ2v) is 4.80. The third-order valence-electron chi connectivity index (χ3n) is 2.64. The first-order valence-corrected chi connectivity index (χ1v) is 6.43. The van der Waals surface area contributed by atoms with Gasteiger partial charge in [-0.2, -0.15) is 0 Å². The maximum atomic E-state index is 11.7. The molecule has 2 heterocycles. The van der Waals surface area contributed by atoms with Gasteiger partial charge in [0.15, 0.2) is 11.6 Å². The second kappa shape index (κ2) is 4.85. The number of nitrogens with zero attached hydrogens (tertiary/aromatic N) is 1. The van der Waals surface area contributed by atoms with Crippen LogP contribution in [0.2, 0.25) is 0 Å². The van der Waals surface area contributed by atoms with Crippen LogP contribution in [0, 0.1) is 0 Å². The fraction of sp³-hybridized carbons (Fsp3) is 0. The molecule has 0 aliphatic rings. The van der Waals surface area contributed by atoms with Crippen LogP contribution in [0.1, 0.15) is 0 Å². The summed E-state index contributed by atoms with van der Waals surface area (Å²) < 4.78 is 6.07. The molecule has 3 aromatic rings. The molecule has 0 aliphatic heterocycles. The summed E-state index contributed by atoms with van der Waals surface area (Å²) in [5, 5.41) is 0. The average Bonchev–Trinajstić information content (AvgIpc) is 2.85. The van der Waals surface area contributed by atoms with Gasteiger partial charge in [0.25, 0.3) is 5.56 Å². The minimum Gasteiger partial charge on any atom is -0.460 e. The number of aromatic amines is 1. The van der Waals surface area contributed by atoms with Gasteiger partial charge in [-0.3, -0.25) is 4.79 Å². The van der Waals surface area contributed by atoms with Crippen LogP contribution in [0.15, 0.2) is 62.4 Å². The van der Waals surface area contributed by atoms with E-state index in [0.29, 0.717) is 17.3 Å². The molecule has 0 fully saturated rings. The highest BCUT2D eigenvalue weighted by atomic mass is 79.9. The van der Waals surface area contributed by atoms with Gasteiger partial charge < -0.3 is 9.40 Å². The topological polar surface area (TPSA) is 58.9 Å². The average molecular weight is 317 g/mol. The number of hydrogen-bond donors (Lipinski definition) is 1. The molecule has 1 N–H and O–H groups in total. The van der Waals surface area contributed by atoms with Crippen LogP contribution in [0.3, 0.4) is 0 Å². The van der Waals surface area contributed by atoms with Crippen LogP contribution in [-0.4, -0.2) is 9.97 Å². The number of H-pyrrole nitrogens is 1. The molecule has 0 unspecified atom stereocenters. The number of hydrogen-bond acceptors (Lipinski definition) is 3. The SMILES string of the molecule is O=c1cc(-c2ccccc2)nc(-c2occc2Br)[nH]1. The van der Waals surface area contributed by atoms with Crippen LogP contribution >= 0.6 is 15.9 Å². The summed E-state index contributed by atoms with van der Waals surface area (Å²) in [4.78, 5) is 18.8. The van der Waals surface area contributed by atoms with Crippen molar-refractivity contribution in [2.45, 2.75) is 0 Å². The molecule has 0 amide bonds. The van der Waals surface area contributed by atoms with Crippen LogP contribution < -0.4 is 5.56 Å². The Balaban J connectivity index is 2.17. The molecule has 5 heteroatoms. The summed E-state index contributed by atoms with van der Waals surface area (Å²) in [6.45, 7) is 0. The van der Waals surface area contributed by atoms with Gasteiger partial charge in [0.2, 0.25) is 0 Å². The molecule has 0 spiro atoms. The van der Waals surface area contributed by atoms with E-state index < -0.39 is 0 Å². The number of halogens is 1. The Morgan fingerprint density at radius 3 is 2.63 bits per heavy atom.